The third-order valence-electron chi connectivity index (χ3n) is 2.56. The average molecular weight is 258 g/mol. The lowest BCUT2D eigenvalue weighted by Gasteiger charge is -2.13. The van der Waals surface area contributed by atoms with Crippen LogP contribution in [0.2, 0.25) is 0 Å². The Kier molecular flexibility index (Phi) is 2.34. The number of nitrogens with zero attached hydrogens (tertiary/aromatic N) is 1. The van der Waals surface area contributed by atoms with E-state index in [9.17, 15) is 4.79 Å². The van der Waals surface area contributed by atoms with Crippen molar-refractivity contribution >= 4 is 21.8 Å². The zero-order chi connectivity index (χ0) is 10.2. The lowest BCUT2D eigenvalue weighted by Crippen LogP contribution is -2.38. The molecule has 4 nitrogen and oxygen atoms in total. The topological polar surface area (TPSA) is 57.8 Å². The lowest BCUT2D eigenvalue weighted by molar-refractivity contribution is 0.0936. The molecule has 5 heteroatoms. The Hall–Kier alpha value is -0.840. The number of carbonyl (C=O) groups is 1. The van der Waals surface area contributed by atoms with Crippen molar-refractivity contribution in [2.24, 2.45) is 0 Å². The lowest BCUT2D eigenvalue weighted by atomic mass is 10.2. The minimum Gasteiger partial charge on any atom is -0.346 e. The highest BCUT2D eigenvalue weighted by Gasteiger charge is 2.43. The molecule has 0 bridgehead atoms. The molecule has 0 aromatic carbocycles. The van der Waals surface area contributed by atoms with E-state index in [2.05, 4.69) is 31.4 Å². The standard InChI is InChI=1S/C9H12BrN3O/c1-6-7(4-11-13-6)8(14)12-9(5-10)2-3-9/h4H,2-3,5H2,1H3,(H,11,13)(H,12,14). The summed E-state index contributed by atoms with van der Waals surface area (Å²) in [7, 11) is 0. The second kappa shape index (κ2) is 3.38. The zero-order valence-electron chi connectivity index (χ0n) is 7.93. The first-order valence-electron chi connectivity index (χ1n) is 4.55. The first kappa shape index (κ1) is 9.71. The van der Waals surface area contributed by atoms with Gasteiger partial charge in [0.1, 0.15) is 0 Å². The average Bonchev–Trinajstić information content (AvgIpc) is 2.80. The Morgan fingerprint density at radius 2 is 2.50 bits per heavy atom. The molecule has 1 aliphatic rings. The SMILES string of the molecule is Cc1[nH]ncc1C(=O)NC1(CBr)CC1. The summed E-state index contributed by atoms with van der Waals surface area (Å²) in [6, 6.07) is 0. The summed E-state index contributed by atoms with van der Waals surface area (Å²) in [5, 5.41) is 10.4. The van der Waals surface area contributed by atoms with Crippen molar-refractivity contribution < 1.29 is 4.79 Å². The smallest absolute Gasteiger partial charge is 0.255 e. The van der Waals surface area contributed by atoms with Crippen LogP contribution in [0.4, 0.5) is 0 Å². The number of carbonyl (C=O) groups excluding carboxylic acids is 1. The number of aromatic amines is 1. The Bertz CT molecular complexity index is 357. The first-order chi connectivity index (χ1) is 6.67. The predicted octanol–water partition coefficient (Wildman–Crippen LogP) is 1.38. The summed E-state index contributed by atoms with van der Waals surface area (Å²) >= 11 is 3.41. The molecule has 1 aromatic rings. The van der Waals surface area contributed by atoms with Gasteiger partial charge in [-0.05, 0) is 19.8 Å². The summed E-state index contributed by atoms with van der Waals surface area (Å²) < 4.78 is 0. The van der Waals surface area contributed by atoms with E-state index >= 15 is 0 Å². The number of halogens is 1. The highest BCUT2D eigenvalue weighted by atomic mass is 79.9. The number of nitrogens with one attached hydrogen (secondary N) is 2. The van der Waals surface area contributed by atoms with E-state index in [0.29, 0.717) is 5.56 Å². The summed E-state index contributed by atoms with van der Waals surface area (Å²) in [4.78, 5) is 11.7. The van der Waals surface area contributed by atoms with Gasteiger partial charge in [-0.2, -0.15) is 5.10 Å². The molecule has 2 rings (SSSR count). The van der Waals surface area contributed by atoms with Gasteiger partial charge in [0.05, 0.1) is 17.3 Å². The first-order valence-corrected chi connectivity index (χ1v) is 5.67. The fraction of sp³-hybridized carbons (Fsp3) is 0.556. The monoisotopic (exact) mass is 257 g/mol. The summed E-state index contributed by atoms with van der Waals surface area (Å²) in [6.07, 6.45) is 3.68. The van der Waals surface area contributed by atoms with Crippen LogP contribution in [-0.2, 0) is 0 Å². The van der Waals surface area contributed by atoms with Gasteiger partial charge < -0.3 is 5.32 Å². The molecule has 0 radical (unpaired) electrons. The van der Waals surface area contributed by atoms with Gasteiger partial charge in [0.25, 0.3) is 5.91 Å². The predicted molar refractivity (Wildman–Crippen MR) is 56.5 cm³/mol. The largest absolute Gasteiger partial charge is 0.346 e. The van der Waals surface area contributed by atoms with Gasteiger partial charge in [-0.15, -0.1) is 0 Å². The number of hydrogen-bond donors (Lipinski definition) is 2. The molecular formula is C9H12BrN3O. The summed E-state index contributed by atoms with van der Waals surface area (Å²) in [5.41, 5.74) is 1.45. The Morgan fingerprint density at radius 1 is 1.79 bits per heavy atom. The van der Waals surface area contributed by atoms with Crippen LogP contribution < -0.4 is 5.32 Å². The molecule has 1 aliphatic carbocycles. The van der Waals surface area contributed by atoms with Crippen LogP contribution in [0.25, 0.3) is 0 Å². The molecule has 0 saturated heterocycles. The van der Waals surface area contributed by atoms with Crippen LogP contribution in [0.15, 0.2) is 6.20 Å². The van der Waals surface area contributed by atoms with Crippen LogP contribution >= 0.6 is 15.9 Å². The molecule has 1 saturated carbocycles. The van der Waals surface area contributed by atoms with E-state index < -0.39 is 0 Å². The Balaban J connectivity index is 2.07. The number of H-pyrrole nitrogens is 1. The number of amides is 1. The summed E-state index contributed by atoms with van der Waals surface area (Å²) in [6.45, 7) is 1.84. The van der Waals surface area contributed by atoms with Crippen LogP contribution in [0.3, 0.4) is 0 Å². The highest BCUT2D eigenvalue weighted by molar-refractivity contribution is 9.09. The van der Waals surface area contributed by atoms with Gasteiger partial charge in [0, 0.05) is 11.0 Å². The van der Waals surface area contributed by atoms with Crippen molar-refractivity contribution in [3.8, 4) is 0 Å². The fourth-order valence-electron chi connectivity index (χ4n) is 1.33. The maximum absolute atomic E-state index is 11.7. The Labute approximate surface area is 90.6 Å². The third kappa shape index (κ3) is 1.68. The van der Waals surface area contributed by atoms with Crippen LogP contribution in [-0.4, -0.2) is 27.0 Å². The second-order valence-electron chi connectivity index (χ2n) is 3.78. The molecule has 1 fully saturated rings. The number of hydrogen-bond acceptors (Lipinski definition) is 2. The van der Waals surface area contributed by atoms with Crippen molar-refractivity contribution in [2.75, 3.05) is 5.33 Å². The quantitative estimate of drug-likeness (QED) is 0.804. The van der Waals surface area contributed by atoms with Gasteiger partial charge in [0.15, 0.2) is 0 Å². The molecule has 0 atom stereocenters. The molecule has 1 amide bonds. The van der Waals surface area contributed by atoms with Crippen LogP contribution in [0, 0.1) is 6.92 Å². The molecule has 1 aromatic heterocycles. The normalized spacial score (nSPS) is 17.9. The number of rotatable bonds is 3. The van der Waals surface area contributed by atoms with Gasteiger partial charge >= 0.3 is 0 Å². The van der Waals surface area contributed by atoms with Crippen molar-refractivity contribution in [1.29, 1.82) is 0 Å². The van der Waals surface area contributed by atoms with Gasteiger partial charge in [-0.25, -0.2) is 0 Å². The van der Waals surface area contributed by atoms with E-state index in [4.69, 9.17) is 0 Å². The molecule has 0 aliphatic heterocycles. The molecule has 14 heavy (non-hydrogen) atoms. The fourth-order valence-corrected chi connectivity index (χ4v) is 2.03. The van der Waals surface area contributed by atoms with E-state index in [1.54, 1.807) is 6.20 Å². The van der Waals surface area contributed by atoms with Gasteiger partial charge in [0.2, 0.25) is 0 Å². The third-order valence-corrected chi connectivity index (χ3v) is 3.64. The molecule has 2 N–H and O–H groups in total. The van der Waals surface area contributed by atoms with E-state index in [0.717, 1.165) is 23.9 Å². The maximum atomic E-state index is 11.7. The minimum atomic E-state index is -0.0341. The van der Waals surface area contributed by atoms with Crippen molar-refractivity contribution in [2.45, 2.75) is 25.3 Å². The maximum Gasteiger partial charge on any atom is 0.255 e. The second-order valence-corrected chi connectivity index (χ2v) is 4.34. The van der Waals surface area contributed by atoms with E-state index in [-0.39, 0.29) is 11.4 Å². The molecule has 76 valence electrons. The van der Waals surface area contributed by atoms with E-state index in [1.807, 2.05) is 6.92 Å². The Morgan fingerprint density at radius 3 is 2.93 bits per heavy atom. The molecule has 1 heterocycles. The number of alkyl halides is 1. The highest BCUT2D eigenvalue weighted by Crippen LogP contribution is 2.37. The molecule has 0 spiro atoms. The number of aromatic nitrogens is 2. The van der Waals surface area contributed by atoms with Crippen molar-refractivity contribution in [1.82, 2.24) is 15.5 Å². The zero-order valence-corrected chi connectivity index (χ0v) is 9.52. The van der Waals surface area contributed by atoms with Crippen LogP contribution in [0.1, 0.15) is 28.9 Å². The molecule has 0 unspecified atom stereocenters. The van der Waals surface area contributed by atoms with Crippen molar-refractivity contribution in [3.05, 3.63) is 17.5 Å². The molecular weight excluding hydrogens is 246 g/mol. The van der Waals surface area contributed by atoms with Crippen LogP contribution in [0.5, 0.6) is 0 Å². The van der Waals surface area contributed by atoms with Gasteiger partial charge in [-0.3, -0.25) is 9.89 Å². The van der Waals surface area contributed by atoms with Crippen molar-refractivity contribution in [3.63, 3.8) is 0 Å². The number of aryl methyl sites for hydroxylation is 1. The van der Waals surface area contributed by atoms with E-state index in [1.165, 1.54) is 0 Å². The minimum absolute atomic E-state index is 0.000787. The summed E-state index contributed by atoms with van der Waals surface area (Å²) in [5.74, 6) is -0.0341. The van der Waals surface area contributed by atoms with Gasteiger partial charge in [-0.1, -0.05) is 15.9 Å².